The molecule has 0 amide bonds. The number of carbonyl (C=O) groups is 1. The van der Waals surface area contributed by atoms with Gasteiger partial charge in [-0.1, -0.05) is 37.3 Å². The van der Waals surface area contributed by atoms with Crippen molar-refractivity contribution in [2.45, 2.75) is 63.7 Å². The van der Waals surface area contributed by atoms with Crippen LogP contribution in [0.4, 0.5) is 0 Å². The average molecular weight is 382 g/mol. The number of carbonyl (C=O) groups excluding carboxylic acids is 1. The number of nitrogens with zero attached hydrogens (tertiary/aromatic N) is 1. The molecule has 0 N–H and O–H groups in total. The van der Waals surface area contributed by atoms with Crippen molar-refractivity contribution in [3.8, 4) is 0 Å². The number of hydrogen-bond acceptors (Lipinski definition) is 3. The van der Waals surface area contributed by atoms with E-state index in [0.29, 0.717) is 11.2 Å². The lowest BCUT2D eigenvalue weighted by molar-refractivity contribution is -0.158. The highest BCUT2D eigenvalue weighted by molar-refractivity contribution is 5.85. The molecule has 3 nitrogen and oxygen atoms in total. The number of rotatable bonds is 6. The SMILES string of the molecule is CC12CC3CC(C(=O)CCCN4CCOCC4)(C1)CC(c1ccccc1)(C3)C2. The lowest BCUT2D eigenvalue weighted by atomic mass is 9.38. The van der Waals surface area contributed by atoms with Crippen LogP contribution >= 0.6 is 0 Å². The third-order valence-electron chi connectivity index (χ3n) is 8.31. The molecule has 4 aliphatic carbocycles. The van der Waals surface area contributed by atoms with Gasteiger partial charge in [-0.3, -0.25) is 9.69 Å². The molecule has 1 heterocycles. The predicted octanol–water partition coefficient (Wildman–Crippen LogP) is 4.60. The number of Topliss-reactive ketones (excluding diaryl/α,β-unsaturated/α-hetero) is 1. The van der Waals surface area contributed by atoms with Gasteiger partial charge in [0.2, 0.25) is 0 Å². The van der Waals surface area contributed by atoms with Crippen molar-refractivity contribution < 1.29 is 9.53 Å². The Kier molecular flexibility index (Phi) is 4.67. The Labute approximate surface area is 169 Å². The third-order valence-corrected chi connectivity index (χ3v) is 8.31. The van der Waals surface area contributed by atoms with Crippen LogP contribution < -0.4 is 0 Å². The second kappa shape index (κ2) is 6.95. The van der Waals surface area contributed by atoms with E-state index in [1.165, 1.54) is 24.8 Å². The van der Waals surface area contributed by atoms with Gasteiger partial charge in [-0.2, -0.15) is 0 Å². The first kappa shape index (κ1) is 18.8. The van der Waals surface area contributed by atoms with E-state index in [2.05, 4.69) is 42.2 Å². The van der Waals surface area contributed by atoms with Crippen LogP contribution in [0.3, 0.4) is 0 Å². The van der Waals surface area contributed by atoms with Gasteiger partial charge in [-0.25, -0.2) is 0 Å². The highest BCUT2D eigenvalue weighted by atomic mass is 16.5. The van der Waals surface area contributed by atoms with Gasteiger partial charge < -0.3 is 4.74 Å². The van der Waals surface area contributed by atoms with Crippen LogP contribution in [-0.4, -0.2) is 43.5 Å². The number of benzene rings is 1. The molecular formula is C25H35NO2. The van der Waals surface area contributed by atoms with Crippen molar-refractivity contribution in [1.82, 2.24) is 4.90 Å². The Morgan fingerprint density at radius 2 is 1.86 bits per heavy atom. The summed E-state index contributed by atoms with van der Waals surface area (Å²) in [5, 5.41) is 0. The number of ketones is 1. The fourth-order valence-electron chi connectivity index (χ4n) is 7.90. The lowest BCUT2D eigenvalue weighted by Crippen LogP contribution is -2.60. The monoisotopic (exact) mass is 381 g/mol. The second-order valence-corrected chi connectivity index (χ2v) is 10.7. The minimum Gasteiger partial charge on any atom is -0.379 e. The molecule has 4 unspecified atom stereocenters. The van der Waals surface area contributed by atoms with Crippen molar-refractivity contribution in [1.29, 1.82) is 0 Å². The van der Waals surface area contributed by atoms with Crippen molar-refractivity contribution in [3.05, 3.63) is 35.9 Å². The molecule has 4 bridgehead atoms. The van der Waals surface area contributed by atoms with Gasteiger partial charge in [-0.05, 0) is 73.8 Å². The largest absolute Gasteiger partial charge is 0.379 e. The number of hydrogen-bond donors (Lipinski definition) is 0. The smallest absolute Gasteiger partial charge is 0.139 e. The van der Waals surface area contributed by atoms with Crippen LogP contribution in [0.2, 0.25) is 0 Å². The number of morpholine rings is 1. The Bertz CT molecular complexity index is 727. The van der Waals surface area contributed by atoms with Crippen molar-refractivity contribution in [3.63, 3.8) is 0 Å². The molecule has 5 aliphatic rings. The van der Waals surface area contributed by atoms with E-state index in [9.17, 15) is 4.79 Å². The average Bonchev–Trinajstić information content (AvgIpc) is 2.67. The van der Waals surface area contributed by atoms with Crippen LogP contribution in [0.5, 0.6) is 0 Å². The molecule has 0 spiro atoms. The predicted molar refractivity (Wildman–Crippen MR) is 111 cm³/mol. The summed E-state index contributed by atoms with van der Waals surface area (Å²) in [6, 6.07) is 11.2. The first-order valence-corrected chi connectivity index (χ1v) is 11.4. The molecule has 0 aromatic heterocycles. The van der Waals surface area contributed by atoms with Gasteiger partial charge in [0.15, 0.2) is 0 Å². The van der Waals surface area contributed by atoms with E-state index in [1.807, 2.05) is 0 Å². The molecule has 4 saturated carbocycles. The van der Waals surface area contributed by atoms with Gasteiger partial charge in [0.25, 0.3) is 0 Å². The maximum Gasteiger partial charge on any atom is 0.139 e. The maximum atomic E-state index is 13.6. The van der Waals surface area contributed by atoms with Gasteiger partial charge in [0, 0.05) is 24.9 Å². The first-order valence-electron chi connectivity index (χ1n) is 11.4. The van der Waals surface area contributed by atoms with Crippen LogP contribution in [0.1, 0.15) is 63.9 Å². The Hall–Kier alpha value is -1.19. The molecule has 1 aromatic rings. The lowest BCUT2D eigenvalue weighted by Gasteiger charge is -2.65. The summed E-state index contributed by atoms with van der Waals surface area (Å²) in [4.78, 5) is 16.1. The van der Waals surface area contributed by atoms with Crippen LogP contribution in [0.15, 0.2) is 30.3 Å². The Balaban J connectivity index is 1.33. The molecule has 4 atom stereocenters. The summed E-state index contributed by atoms with van der Waals surface area (Å²) < 4.78 is 5.45. The summed E-state index contributed by atoms with van der Waals surface area (Å²) in [6.07, 6.45) is 9.11. The van der Waals surface area contributed by atoms with Crippen molar-refractivity contribution >= 4 is 5.78 Å². The quantitative estimate of drug-likeness (QED) is 0.721. The zero-order valence-corrected chi connectivity index (χ0v) is 17.4. The number of ether oxygens (including phenoxy) is 1. The van der Waals surface area contributed by atoms with Crippen LogP contribution in [0.25, 0.3) is 0 Å². The summed E-state index contributed by atoms with van der Waals surface area (Å²) in [5.74, 6) is 1.32. The summed E-state index contributed by atoms with van der Waals surface area (Å²) in [7, 11) is 0. The van der Waals surface area contributed by atoms with E-state index >= 15 is 0 Å². The topological polar surface area (TPSA) is 29.5 Å². The molecule has 3 heteroatoms. The maximum absolute atomic E-state index is 13.6. The fourth-order valence-corrected chi connectivity index (χ4v) is 7.90. The zero-order valence-electron chi connectivity index (χ0n) is 17.4. The normalized spacial score (nSPS) is 40.0. The fraction of sp³-hybridized carbons (Fsp3) is 0.720. The van der Waals surface area contributed by atoms with Crippen molar-refractivity contribution in [2.75, 3.05) is 32.8 Å². The highest BCUT2D eigenvalue weighted by Gasteiger charge is 2.63. The van der Waals surface area contributed by atoms with Crippen LogP contribution in [-0.2, 0) is 14.9 Å². The summed E-state index contributed by atoms with van der Waals surface area (Å²) in [6.45, 7) is 7.27. The molecule has 0 radical (unpaired) electrons. The summed E-state index contributed by atoms with van der Waals surface area (Å²) >= 11 is 0. The van der Waals surface area contributed by atoms with Gasteiger partial charge >= 0.3 is 0 Å². The van der Waals surface area contributed by atoms with Gasteiger partial charge in [0.1, 0.15) is 5.78 Å². The molecular weight excluding hydrogens is 346 g/mol. The molecule has 6 rings (SSSR count). The minimum atomic E-state index is -0.0466. The first-order chi connectivity index (χ1) is 13.5. The van der Waals surface area contributed by atoms with E-state index in [-0.39, 0.29) is 10.8 Å². The third kappa shape index (κ3) is 3.25. The molecule has 152 valence electrons. The standard InChI is InChI=1S/C25H35NO2/c1-23-14-20-15-24(17-23,21-6-3-2-4-7-21)19-25(16-20,18-23)22(27)8-5-9-26-10-12-28-13-11-26/h2-4,6-7,20H,5,8-19H2,1H3. The Morgan fingerprint density at radius 1 is 1.07 bits per heavy atom. The molecule has 5 fully saturated rings. The molecule has 1 aromatic carbocycles. The van der Waals surface area contributed by atoms with E-state index < -0.39 is 0 Å². The van der Waals surface area contributed by atoms with Gasteiger partial charge in [0.05, 0.1) is 13.2 Å². The second-order valence-electron chi connectivity index (χ2n) is 10.7. The van der Waals surface area contributed by atoms with E-state index in [1.54, 1.807) is 0 Å². The van der Waals surface area contributed by atoms with Crippen LogP contribution in [0, 0.1) is 16.7 Å². The molecule has 1 aliphatic heterocycles. The Morgan fingerprint density at radius 3 is 2.61 bits per heavy atom. The highest BCUT2D eigenvalue weighted by Crippen LogP contribution is 2.70. The van der Waals surface area contributed by atoms with Crippen molar-refractivity contribution in [2.24, 2.45) is 16.7 Å². The molecule has 28 heavy (non-hydrogen) atoms. The zero-order chi connectivity index (χ0) is 19.2. The van der Waals surface area contributed by atoms with E-state index in [4.69, 9.17) is 4.74 Å². The van der Waals surface area contributed by atoms with E-state index in [0.717, 1.165) is 70.9 Å². The summed E-state index contributed by atoms with van der Waals surface area (Å²) in [5.41, 5.74) is 2.05. The molecule has 1 saturated heterocycles. The minimum absolute atomic E-state index is 0.0466. The van der Waals surface area contributed by atoms with Gasteiger partial charge in [-0.15, -0.1) is 0 Å².